The zero-order valence-corrected chi connectivity index (χ0v) is 11.0. The highest BCUT2D eigenvalue weighted by Crippen LogP contribution is 2.00. The van der Waals surface area contributed by atoms with Gasteiger partial charge in [-0.1, -0.05) is 30.3 Å². The van der Waals surface area contributed by atoms with E-state index in [1.807, 2.05) is 30.3 Å². The fourth-order valence-electron chi connectivity index (χ4n) is 1.37. The lowest BCUT2D eigenvalue weighted by molar-refractivity contribution is -0.123. The summed E-state index contributed by atoms with van der Waals surface area (Å²) in [6.45, 7) is 1.75. The van der Waals surface area contributed by atoms with Crippen molar-refractivity contribution in [2.45, 2.75) is 19.5 Å². The van der Waals surface area contributed by atoms with E-state index in [9.17, 15) is 9.59 Å². The quantitative estimate of drug-likeness (QED) is 0.786. The maximum atomic E-state index is 11.9. The van der Waals surface area contributed by atoms with E-state index in [1.165, 1.54) is 14.0 Å². The molecule has 1 unspecified atom stereocenters. The Hall–Kier alpha value is -2.08. The molecule has 0 aliphatic heterocycles. The van der Waals surface area contributed by atoms with Crippen molar-refractivity contribution in [3.8, 4) is 0 Å². The zero-order chi connectivity index (χ0) is 14.1. The van der Waals surface area contributed by atoms with Gasteiger partial charge in [0.1, 0.15) is 0 Å². The summed E-state index contributed by atoms with van der Waals surface area (Å²) in [6, 6.07) is 8.69. The van der Waals surface area contributed by atoms with E-state index in [4.69, 9.17) is 4.74 Å². The van der Waals surface area contributed by atoms with Crippen LogP contribution in [0.15, 0.2) is 40.6 Å². The van der Waals surface area contributed by atoms with E-state index in [0.29, 0.717) is 6.54 Å². The molecular weight excluding hydrogens is 246 g/mol. The molecule has 0 saturated carbocycles. The Morgan fingerprint density at radius 1 is 1.32 bits per heavy atom. The lowest BCUT2D eigenvalue weighted by Gasteiger charge is -2.10. The van der Waals surface area contributed by atoms with Gasteiger partial charge >= 0.3 is 0 Å². The molecular formula is C13H17N3O3. The van der Waals surface area contributed by atoms with Crippen LogP contribution < -0.4 is 5.32 Å². The van der Waals surface area contributed by atoms with Crippen molar-refractivity contribution >= 4 is 11.8 Å². The minimum atomic E-state index is -0.808. The molecule has 1 aromatic rings. The average molecular weight is 263 g/mol. The summed E-state index contributed by atoms with van der Waals surface area (Å²) in [4.78, 5) is 22.6. The van der Waals surface area contributed by atoms with Crippen LogP contribution >= 0.6 is 0 Å². The van der Waals surface area contributed by atoms with Gasteiger partial charge in [0.15, 0.2) is 6.04 Å². The third-order valence-corrected chi connectivity index (χ3v) is 2.27. The second-order valence-corrected chi connectivity index (χ2v) is 3.91. The van der Waals surface area contributed by atoms with Crippen LogP contribution in [0.5, 0.6) is 0 Å². The summed E-state index contributed by atoms with van der Waals surface area (Å²) in [7, 11) is 1.46. The summed E-state index contributed by atoms with van der Waals surface area (Å²) in [5.74, 6) is -0.771. The van der Waals surface area contributed by atoms with Crippen LogP contribution in [0.3, 0.4) is 0 Å². The normalized spacial score (nSPS) is 12.3. The molecule has 19 heavy (non-hydrogen) atoms. The highest BCUT2D eigenvalue weighted by atomic mass is 16.5. The van der Waals surface area contributed by atoms with Crippen LogP contribution in [0.4, 0.5) is 0 Å². The lowest BCUT2D eigenvalue weighted by Crippen LogP contribution is -2.35. The summed E-state index contributed by atoms with van der Waals surface area (Å²) < 4.78 is 4.88. The first kappa shape index (κ1) is 15.0. The molecule has 6 heteroatoms. The predicted molar refractivity (Wildman–Crippen MR) is 69.5 cm³/mol. The number of azo groups is 1. The number of nitrogens with zero attached hydrogens (tertiary/aromatic N) is 2. The third kappa shape index (κ3) is 5.87. The monoisotopic (exact) mass is 263 g/mol. The average Bonchev–Trinajstić information content (AvgIpc) is 2.41. The molecule has 0 aromatic heterocycles. The summed E-state index contributed by atoms with van der Waals surface area (Å²) in [5.41, 5.74) is 0.982. The Balaban J connectivity index is 2.54. The Morgan fingerprint density at radius 2 is 2.00 bits per heavy atom. The molecule has 1 aromatic carbocycles. The highest BCUT2D eigenvalue weighted by molar-refractivity contribution is 5.82. The predicted octanol–water partition coefficient (Wildman–Crippen LogP) is 1.32. The minimum Gasteiger partial charge on any atom is -0.382 e. The van der Waals surface area contributed by atoms with Crippen molar-refractivity contribution < 1.29 is 14.3 Å². The molecule has 0 heterocycles. The van der Waals surface area contributed by atoms with Crippen molar-refractivity contribution in [2.75, 3.05) is 13.7 Å². The first-order chi connectivity index (χ1) is 9.13. The van der Waals surface area contributed by atoms with Crippen molar-refractivity contribution in [3.63, 3.8) is 0 Å². The van der Waals surface area contributed by atoms with Gasteiger partial charge in [0.05, 0.1) is 6.61 Å². The van der Waals surface area contributed by atoms with Crippen LogP contribution in [0.2, 0.25) is 0 Å². The number of rotatable bonds is 6. The molecule has 0 bridgehead atoms. The van der Waals surface area contributed by atoms with Gasteiger partial charge in [0.2, 0.25) is 5.91 Å². The summed E-state index contributed by atoms with van der Waals surface area (Å²) in [5, 5.41) is 9.75. The first-order valence-corrected chi connectivity index (χ1v) is 5.85. The highest BCUT2D eigenvalue weighted by Gasteiger charge is 2.17. The number of amides is 2. The number of nitrogens with one attached hydrogen (secondary N) is 1. The summed E-state index contributed by atoms with van der Waals surface area (Å²) >= 11 is 0. The third-order valence-electron chi connectivity index (χ3n) is 2.27. The lowest BCUT2D eigenvalue weighted by atomic mass is 10.2. The number of carbonyl (C=O) groups is 2. The molecule has 1 N–H and O–H groups in total. The second kappa shape index (κ2) is 8.10. The molecule has 0 radical (unpaired) electrons. The maximum absolute atomic E-state index is 11.9. The number of hydrogen-bond donors (Lipinski definition) is 1. The van der Waals surface area contributed by atoms with Gasteiger partial charge in [0.25, 0.3) is 5.91 Å². The molecule has 6 nitrogen and oxygen atoms in total. The van der Waals surface area contributed by atoms with Crippen LogP contribution in [-0.2, 0) is 20.9 Å². The SMILES string of the molecule is COCC(N=NC(C)=O)C(=O)NCc1ccccc1. The van der Waals surface area contributed by atoms with Crippen molar-refractivity contribution in [1.82, 2.24) is 5.32 Å². The van der Waals surface area contributed by atoms with E-state index in [0.717, 1.165) is 5.56 Å². The summed E-state index contributed by atoms with van der Waals surface area (Å²) in [6.07, 6.45) is 0. The van der Waals surface area contributed by atoms with Crippen LogP contribution in [0, 0.1) is 0 Å². The molecule has 0 saturated heterocycles. The Kier molecular flexibility index (Phi) is 6.38. The van der Waals surface area contributed by atoms with E-state index in [2.05, 4.69) is 15.5 Å². The molecule has 0 spiro atoms. The van der Waals surface area contributed by atoms with Crippen LogP contribution in [-0.4, -0.2) is 31.6 Å². The smallest absolute Gasteiger partial charge is 0.261 e. The first-order valence-electron chi connectivity index (χ1n) is 5.85. The fraction of sp³-hybridized carbons (Fsp3) is 0.385. The Bertz CT molecular complexity index is 446. The zero-order valence-electron chi connectivity index (χ0n) is 11.0. The Labute approximate surface area is 111 Å². The van der Waals surface area contributed by atoms with E-state index >= 15 is 0 Å². The molecule has 1 atom stereocenters. The van der Waals surface area contributed by atoms with Gasteiger partial charge in [-0.15, -0.1) is 5.11 Å². The number of ether oxygens (including phenoxy) is 1. The molecule has 2 amide bonds. The molecule has 0 fully saturated rings. The number of carbonyl (C=O) groups excluding carboxylic acids is 2. The standard InChI is InChI=1S/C13H17N3O3/c1-10(17)15-16-12(9-19-2)13(18)14-8-11-6-4-3-5-7-11/h3-7,12H,8-9H2,1-2H3,(H,14,18). The fourth-order valence-corrected chi connectivity index (χ4v) is 1.37. The molecule has 1 rings (SSSR count). The van der Waals surface area contributed by atoms with E-state index in [1.54, 1.807) is 0 Å². The van der Waals surface area contributed by atoms with Crippen molar-refractivity contribution in [3.05, 3.63) is 35.9 Å². The van der Waals surface area contributed by atoms with Gasteiger partial charge in [-0.05, 0) is 5.56 Å². The van der Waals surface area contributed by atoms with Crippen molar-refractivity contribution in [1.29, 1.82) is 0 Å². The van der Waals surface area contributed by atoms with Crippen LogP contribution in [0.25, 0.3) is 0 Å². The Morgan fingerprint density at radius 3 is 2.58 bits per heavy atom. The number of benzene rings is 1. The number of methoxy groups -OCH3 is 1. The topological polar surface area (TPSA) is 80.1 Å². The maximum Gasteiger partial charge on any atom is 0.261 e. The second-order valence-electron chi connectivity index (χ2n) is 3.91. The molecule has 102 valence electrons. The van der Waals surface area contributed by atoms with Gasteiger partial charge in [-0.25, -0.2) is 0 Å². The largest absolute Gasteiger partial charge is 0.382 e. The van der Waals surface area contributed by atoms with Gasteiger partial charge in [-0.2, -0.15) is 5.11 Å². The van der Waals surface area contributed by atoms with Crippen LogP contribution in [0.1, 0.15) is 12.5 Å². The molecule has 0 aliphatic carbocycles. The van der Waals surface area contributed by atoms with Gasteiger partial charge in [0, 0.05) is 20.6 Å². The van der Waals surface area contributed by atoms with Gasteiger partial charge < -0.3 is 10.1 Å². The van der Waals surface area contributed by atoms with Gasteiger partial charge in [-0.3, -0.25) is 9.59 Å². The van der Waals surface area contributed by atoms with Crippen molar-refractivity contribution in [2.24, 2.45) is 10.2 Å². The number of hydrogen-bond acceptors (Lipinski definition) is 4. The molecule has 0 aliphatic rings. The van der Waals surface area contributed by atoms with E-state index in [-0.39, 0.29) is 12.5 Å². The minimum absolute atomic E-state index is 0.0808. The van der Waals surface area contributed by atoms with E-state index < -0.39 is 11.9 Å².